The summed E-state index contributed by atoms with van der Waals surface area (Å²) >= 11 is 0. The maximum absolute atomic E-state index is 11.1. The summed E-state index contributed by atoms with van der Waals surface area (Å²) in [6.45, 7) is 8.22. The molecule has 4 nitrogen and oxygen atoms in total. The molecule has 0 aromatic heterocycles. The number of carboxylic acids is 1. The van der Waals surface area contributed by atoms with Gasteiger partial charge in [0.05, 0.1) is 13.7 Å². The molecule has 2 unspecified atom stereocenters. The number of ether oxygens (including phenoxy) is 1. The molecule has 0 aliphatic rings. The largest absolute Gasteiger partial charge is 0.496 e. The number of nitrogens with zero attached hydrogens (tertiary/aromatic N) is 1. The normalized spacial score (nSPS) is 14.1. The van der Waals surface area contributed by atoms with E-state index in [4.69, 9.17) is 9.84 Å². The van der Waals surface area contributed by atoms with Crippen molar-refractivity contribution in [3.05, 3.63) is 29.3 Å². The number of hydrogen-bond acceptors (Lipinski definition) is 3. The summed E-state index contributed by atoms with van der Waals surface area (Å²) in [6.07, 6.45) is 0.908. The molecule has 1 N–H and O–H groups in total. The number of hydrogen-bond donors (Lipinski definition) is 1. The first-order valence-electron chi connectivity index (χ1n) is 7.02. The Morgan fingerprint density at radius 1 is 1.40 bits per heavy atom. The van der Waals surface area contributed by atoms with Crippen molar-refractivity contribution in [2.45, 2.75) is 46.2 Å². The topological polar surface area (TPSA) is 49.8 Å². The van der Waals surface area contributed by atoms with Gasteiger partial charge in [0, 0.05) is 17.6 Å². The molecule has 0 aliphatic carbocycles. The molecule has 1 aromatic carbocycles. The maximum atomic E-state index is 11.1. The van der Waals surface area contributed by atoms with Gasteiger partial charge in [-0.3, -0.25) is 9.69 Å². The Morgan fingerprint density at radius 2 is 2.05 bits per heavy atom. The number of carbonyl (C=O) groups is 1. The highest BCUT2D eigenvalue weighted by atomic mass is 16.5. The average molecular weight is 279 g/mol. The van der Waals surface area contributed by atoms with Crippen LogP contribution in [-0.4, -0.2) is 35.7 Å². The van der Waals surface area contributed by atoms with Crippen LogP contribution in [0.2, 0.25) is 0 Å². The average Bonchev–Trinajstić information content (AvgIpc) is 2.42. The molecular formula is C16H25NO3. The Kier molecular flexibility index (Phi) is 6.02. The molecule has 1 rings (SSSR count). The van der Waals surface area contributed by atoms with Gasteiger partial charge in [-0.15, -0.1) is 0 Å². The zero-order valence-electron chi connectivity index (χ0n) is 13.0. The highest BCUT2D eigenvalue weighted by Crippen LogP contribution is 2.31. The van der Waals surface area contributed by atoms with Gasteiger partial charge in [0.15, 0.2) is 0 Å². The predicted octanol–water partition coefficient (Wildman–Crippen LogP) is 3.25. The van der Waals surface area contributed by atoms with Crippen LogP contribution in [0.1, 0.15) is 44.4 Å². The van der Waals surface area contributed by atoms with Crippen molar-refractivity contribution in [3.8, 4) is 5.75 Å². The van der Waals surface area contributed by atoms with E-state index in [1.807, 2.05) is 30.9 Å². The van der Waals surface area contributed by atoms with Crippen molar-refractivity contribution < 1.29 is 14.6 Å². The van der Waals surface area contributed by atoms with Crippen molar-refractivity contribution in [3.63, 3.8) is 0 Å². The first-order chi connectivity index (χ1) is 9.40. The van der Waals surface area contributed by atoms with E-state index in [-0.39, 0.29) is 18.6 Å². The zero-order valence-corrected chi connectivity index (χ0v) is 13.0. The van der Waals surface area contributed by atoms with Crippen LogP contribution in [0.5, 0.6) is 5.75 Å². The van der Waals surface area contributed by atoms with Crippen LogP contribution in [0.25, 0.3) is 0 Å². The number of aliphatic carboxylic acids is 1. The lowest BCUT2D eigenvalue weighted by Crippen LogP contribution is -2.39. The summed E-state index contributed by atoms with van der Waals surface area (Å²) in [5, 5.41) is 9.13. The van der Waals surface area contributed by atoms with E-state index in [9.17, 15) is 4.79 Å². The first kappa shape index (κ1) is 16.5. The van der Waals surface area contributed by atoms with Crippen LogP contribution in [0, 0.1) is 6.92 Å². The van der Waals surface area contributed by atoms with Gasteiger partial charge in [0.25, 0.3) is 0 Å². The Morgan fingerprint density at radius 3 is 2.55 bits per heavy atom. The molecule has 0 spiro atoms. The monoisotopic (exact) mass is 279 g/mol. The van der Waals surface area contributed by atoms with Crippen LogP contribution < -0.4 is 4.74 Å². The summed E-state index contributed by atoms with van der Waals surface area (Å²) < 4.78 is 5.42. The van der Waals surface area contributed by atoms with E-state index in [2.05, 4.69) is 19.9 Å². The van der Waals surface area contributed by atoms with Gasteiger partial charge < -0.3 is 9.84 Å². The van der Waals surface area contributed by atoms with Crippen molar-refractivity contribution in [2.75, 3.05) is 13.7 Å². The summed E-state index contributed by atoms with van der Waals surface area (Å²) in [5.41, 5.74) is 2.18. The van der Waals surface area contributed by atoms with Gasteiger partial charge in [0.2, 0.25) is 0 Å². The molecule has 0 radical (unpaired) electrons. The Labute approximate surface area is 121 Å². The molecule has 0 saturated heterocycles. The summed E-state index contributed by atoms with van der Waals surface area (Å²) in [4.78, 5) is 13.1. The summed E-state index contributed by atoms with van der Waals surface area (Å²) in [7, 11) is 1.64. The molecule has 0 heterocycles. The second-order valence-corrected chi connectivity index (χ2v) is 5.24. The van der Waals surface area contributed by atoms with Crippen molar-refractivity contribution in [2.24, 2.45) is 0 Å². The SMILES string of the molecule is CCC(C)N(CC(=O)O)C(C)c1cc(C)ccc1OC. The molecule has 0 fully saturated rings. The number of benzene rings is 1. The highest BCUT2D eigenvalue weighted by molar-refractivity contribution is 5.69. The van der Waals surface area contributed by atoms with Gasteiger partial charge in [-0.1, -0.05) is 24.6 Å². The zero-order chi connectivity index (χ0) is 15.3. The van der Waals surface area contributed by atoms with E-state index < -0.39 is 5.97 Å². The van der Waals surface area contributed by atoms with E-state index in [0.29, 0.717) is 0 Å². The standard InChI is InChI=1S/C16H25NO3/c1-6-12(3)17(10-16(18)19)13(4)14-9-11(2)7-8-15(14)20-5/h7-9,12-13H,6,10H2,1-5H3,(H,18,19). The minimum absolute atomic E-state index is 0.00380. The Bertz CT molecular complexity index is 459. The molecule has 0 amide bonds. The smallest absolute Gasteiger partial charge is 0.317 e. The second-order valence-electron chi connectivity index (χ2n) is 5.24. The van der Waals surface area contributed by atoms with Crippen molar-refractivity contribution >= 4 is 5.97 Å². The maximum Gasteiger partial charge on any atom is 0.317 e. The minimum Gasteiger partial charge on any atom is -0.496 e. The number of carboxylic acid groups (broad SMARTS) is 1. The molecule has 4 heteroatoms. The van der Waals surface area contributed by atoms with Crippen molar-refractivity contribution in [1.29, 1.82) is 0 Å². The lowest BCUT2D eigenvalue weighted by molar-refractivity contribution is -0.139. The summed E-state index contributed by atoms with van der Waals surface area (Å²) in [5.74, 6) is 0.00515. The van der Waals surface area contributed by atoms with E-state index in [1.165, 1.54) is 0 Å². The van der Waals surface area contributed by atoms with Crippen LogP contribution in [0.15, 0.2) is 18.2 Å². The summed E-state index contributed by atoms with van der Waals surface area (Å²) in [6, 6.07) is 6.21. The van der Waals surface area contributed by atoms with Gasteiger partial charge in [0.1, 0.15) is 5.75 Å². The fourth-order valence-corrected chi connectivity index (χ4v) is 2.42. The first-order valence-corrected chi connectivity index (χ1v) is 7.02. The molecular weight excluding hydrogens is 254 g/mol. The van der Waals surface area contributed by atoms with Gasteiger partial charge in [-0.05, 0) is 33.3 Å². The Balaban J connectivity index is 3.13. The van der Waals surface area contributed by atoms with Crippen LogP contribution >= 0.6 is 0 Å². The third-order valence-electron chi connectivity index (χ3n) is 3.81. The molecule has 0 bridgehead atoms. The molecule has 20 heavy (non-hydrogen) atoms. The van der Waals surface area contributed by atoms with E-state index in [1.54, 1.807) is 7.11 Å². The van der Waals surface area contributed by atoms with Crippen molar-refractivity contribution in [1.82, 2.24) is 4.90 Å². The van der Waals surface area contributed by atoms with Crippen LogP contribution in [0.3, 0.4) is 0 Å². The fourth-order valence-electron chi connectivity index (χ4n) is 2.42. The molecule has 0 saturated carbocycles. The second kappa shape index (κ2) is 7.29. The van der Waals surface area contributed by atoms with Gasteiger partial charge >= 0.3 is 5.97 Å². The fraction of sp³-hybridized carbons (Fsp3) is 0.562. The van der Waals surface area contributed by atoms with E-state index in [0.717, 1.165) is 23.3 Å². The van der Waals surface area contributed by atoms with Crippen LogP contribution in [0.4, 0.5) is 0 Å². The number of rotatable bonds is 7. The third kappa shape index (κ3) is 3.97. The molecule has 2 atom stereocenters. The minimum atomic E-state index is -0.802. The lowest BCUT2D eigenvalue weighted by atomic mass is 10.0. The van der Waals surface area contributed by atoms with Crippen LogP contribution in [-0.2, 0) is 4.79 Å². The number of aryl methyl sites for hydroxylation is 1. The quantitative estimate of drug-likeness (QED) is 0.832. The highest BCUT2D eigenvalue weighted by Gasteiger charge is 2.25. The Hall–Kier alpha value is -1.55. The van der Waals surface area contributed by atoms with E-state index >= 15 is 0 Å². The molecule has 0 aliphatic heterocycles. The van der Waals surface area contributed by atoms with Gasteiger partial charge in [-0.25, -0.2) is 0 Å². The lowest BCUT2D eigenvalue weighted by Gasteiger charge is -2.33. The predicted molar refractivity (Wildman–Crippen MR) is 80.2 cm³/mol. The molecule has 1 aromatic rings. The number of methoxy groups -OCH3 is 1. The third-order valence-corrected chi connectivity index (χ3v) is 3.81. The van der Waals surface area contributed by atoms with Gasteiger partial charge in [-0.2, -0.15) is 0 Å². The molecule has 112 valence electrons.